The number of hydrogen-bond acceptors (Lipinski definition) is 2. The Bertz CT molecular complexity index is 156. The molecule has 2 N–H and O–H groups in total. The lowest BCUT2D eigenvalue weighted by atomic mass is 9.90. The SMILES string of the molecule is CCC(C)(C)CN[C@H]1CCC[C@@H]1O. The van der Waals surface area contributed by atoms with Gasteiger partial charge in [-0.2, -0.15) is 0 Å². The molecule has 1 rings (SSSR count). The third-order valence-electron chi connectivity index (χ3n) is 3.28. The third kappa shape index (κ3) is 3.28. The molecule has 2 atom stereocenters. The first-order valence-corrected chi connectivity index (χ1v) is 5.46. The van der Waals surface area contributed by atoms with Gasteiger partial charge in [0, 0.05) is 12.6 Å². The van der Waals surface area contributed by atoms with Gasteiger partial charge in [0.25, 0.3) is 0 Å². The van der Waals surface area contributed by atoms with Crippen molar-refractivity contribution in [3.8, 4) is 0 Å². The molecule has 2 heteroatoms. The topological polar surface area (TPSA) is 32.3 Å². The molecule has 0 aromatic heterocycles. The predicted octanol–water partition coefficient (Wildman–Crippen LogP) is 1.93. The van der Waals surface area contributed by atoms with E-state index in [0.717, 1.165) is 19.4 Å². The fourth-order valence-electron chi connectivity index (χ4n) is 1.71. The van der Waals surface area contributed by atoms with Crippen molar-refractivity contribution in [2.24, 2.45) is 5.41 Å². The Hall–Kier alpha value is -0.0800. The molecule has 0 spiro atoms. The molecule has 0 saturated heterocycles. The lowest BCUT2D eigenvalue weighted by molar-refractivity contribution is 0.141. The van der Waals surface area contributed by atoms with E-state index >= 15 is 0 Å². The average Bonchev–Trinajstić information content (AvgIpc) is 2.48. The molecule has 0 unspecified atom stereocenters. The molecule has 0 amide bonds. The van der Waals surface area contributed by atoms with E-state index in [0.29, 0.717) is 11.5 Å². The van der Waals surface area contributed by atoms with Crippen LogP contribution in [-0.4, -0.2) is 23.8 Å². The van der Waals surface area contributed by atoms with Crippen LogP contribution in [0.2, 0.25) is 0 Å². The normalized spacial score (nSPS) is 29.5. The highest BCUT2D eigenvalue weighted by Gasteiger charge is 2.26. The van der Waals surface area contributed by atoms with E-state index < -0.39 is 0 Å². The minimum absolute atomic E-state index is 0.104. The summed E-state index contributed by atoms with van der Waals surface area (Å²) in [5.41, 5.74) is 0.363. The first-order chi connectivity index (χ1) is 6.05. The Kier molecular flexibility index (Phi) is 3.74. The first-order valence-electron chi connectivity index (χ1n) is 5.46. The number of aliphatic hydroxyl groups is 1. The first kappa shape index (κ1) is 11.0. The predicted molar refractivity (Wildman–Crippen MR) is 55.7 cm³/mol. The Balaban J connectivity index is 2.25. The van der Waals surface area contributed by atoms with Gasteiger partial charge in [-0.05, 0) is 31.1 Å². The molecule has 1 aliphatic carbocycles. The smallest absolute Gasteiger partial charge is 0.0693 e. The minimum Gasteiger partial charge on any atom is -0.392 e. The van der Waals surface area contributed by atoms with Gasteiger partial charge >= 0.3 is 0 Å². The Morgan fingerprint density at radius 2 is 2.08 bits per heavy atom. The van der Waals surface area contributed by atoms with Gasteiger partial charge in [0.1, 0.15) is 0 Å². The van der Waals surface area contributed by atoms with Crippen molar-refractivity contribution in [2.45, 2.75) is 58.6 Å². The van der Waals surface area contributed by atoms with E-state index in [1.807, 2.05) is 0 Å². The van der Waals surface area contributed by atoms with Gasteiger partial charge in [0.2, 0.25) is 0 Å². The maximum Gasteiger partial charge on any atom is 0.0693 e. The van der Waals surface area contributed by atoms with Crippen LogP contribution in [0.4, 0.5) is 0 Å². The van der Waals surface area contributed by atoms with Crippen molar-refractivity contribution >= 4 is 0 Å². The third-order valence-corrected chi connectivity index (χ3v) is 3.28. The van der Waals surface area contributed by atoms with E-state index in [1.165, 1.54) is 12.8 Å². The second-order valence-electron chi connectivity index (χ2n) is 5.00. The summed E-state index contributed by atoms with van der Waals surface area (Å²) >= 11 is 0. The van der Waals surface area contributed by atoms with Crippen molar-refractivity contribution in [3.05, 3.63) is 0 Å². The van der Waals surface area contributed by atoms with Gasteiger partial charge in [-0.15, -0.1) is 0 Å². The molecule has 2 nitrogen and oxygen atoms in total. The van der Waals surface area contributed by atoms with Gasteiger partial charge in [-0.3, -0.25) is 0 Å². The van der Waals surface area contributed by atoms with Crippen molar-refractivity contribution in [2.75, 3.05) is 6.54 Å². The summed E-state index contributed by atoms with van der Waals surface area (Å²) < 4.78 is 0. The fraction of sp³-hybridized carbons (Fsp3) is 1.00. The highest BCUT2D eigenvalue weighted by molar-refractivity contribution is 4.84. The molecule has 1 fully saturated rings. The summed E-state index contributed by atoms with van der Waals surface area (Å²) in [5, 5.41) is 13.1. The summed E-state index contributed by atoms with van der Waals surface area (Å²) in [4.78, 5) is 0. The molecular weight excluding hydrogens is 162 g/mol. The molecule has 0 radical (unpaired) electrons. The van der Waals surface area contributed by atoms with Crippen LogP contribution in [0.15, 0.2) is 0 Å². The second-order valence-corrected chi connectivity index (χ2v) is 5.00. The molecule has 0 heterocycles. The van der Waals surface area contributed by atoms with Gasteiger partial charge in [-0.1, -0.05) is 20.8 Å². The monoisotopic (exact) mass is 185 g/mol. The minimum atomic E-state index is -0.104. The molecule has 0 aliphatic heterocycles. The summed E-state index contributed by atoms with van der Waals surface area (Å²) in [6.45, 7) is 7.76. The van der Waals surface area contributed by atoms with Crippen molar-refractivity contribution in [3.63, 3.8) is 0 Å². The van der Waals surface area contributed by atoms with Crippen molar-refractivity contribution in [1.82, 2.24) is 5.32 Å². The quantitative estimate of drug-likeness (QED) is 0.701. The zero-order chi connectivity index (χ0) is 9.90. The Labute approximate surface area is 81.7 Å². The summed E-state index contributed by atoms with van der Waals surface area (Å²) in [6.07, 6.45) is 4.37. The van der Waals surface area contributed by atoms with Crippen LogP contribution in [0.5, 0.6) is 0 Å². The van der Waals surface area contributed by atoms with Gasteiger partial charge in [0.15, 0.2) is 0 Å². The van der Waals surface area contributed by atoms with E-state index in [4.69, 9.17) is 0 Å². The Morgan fingerprint density at radius 3 is 2.54 bits per heavy atom. The average molecular weight is 185 g/mol. The lowest BCUT2D eigenvalue weighted by Crippen LogP contribution is -2.40. The number of hydrogen-bond donors (Lipinski definition) is 2. The molecular formula is C11H23NO. The second kappa shape index (κ2) is 4.43. The zero-order valence-electron chi connectivity index (χ0n) is 9.14. The van der Waals surface area contributed by atoms with Gasteiger partial charge < -0.3 is 10.4 Å². The molecule has 13 heavy (non-hydrogen) atoms. The van der Waals surface area contributed by atoms with Crippen molar-refractivity contribution < 1.29 is 5.11 Å². The molecule has 1 aliphatic rings. The highest BCUT2D eigenvalue weighted by Crippen LogP contribution is 2.22. The van der Waals surface area contributed by atoms with E-state index in [-0.39, 0.29) is 6.10 Å². The number of aliphatic hydroxyl groups excluding tert-OH is 1. The largest absolute Gasteiger partial charge is 0.392 e. The van der Waals surface area contributed by atoms with Crippen LogP contribution in [0.25, 0.3) is 0 Å². The fourth-order valence-corrected chi connectivity index (χ4v) is 1.71. The Morgan fingerprint density at radius 1 is 1.38 bits per heavy atom. The van der Waals surface area contributed by atoms with Crippen LogP contribution in [-0.2, 0) is 0 Å². The lowest BCUT2D eigenvalue weighted by Gasteiger charge is -2.26. The number of rotatable bonds is 4. The summed E-state index contributed by atoms with van der Waals surface area (Å²) in [5.74, 6) is 0. The molecule has 78 valence electrons. The van der Waals surface area contributed by atoms with Crippen LogP contribution >= 0.6 is 0 Å². The van der Waals surface area contributed by atoms with E-state index in [9.17, 15) is 5.11 Å². The summed E-state index contributed by atoms with van der Waals surface area (Å²) in [7, 11) is 0. The maximum absolute atomic E-state index is 9.60. The van der Waals surface area contributed by atoms with Crippen molar-refractivity contribution in [1.29, 1.82) is 0 Å². The highest BCUT2D eigenvalue weighted by atomic mass is 16.3. The maximum atomic E-state index is 9.60. The molecule has 0 bridgehead atoms. The van der Waals surface area contributed by atoms with E-state index in [1.54, 1.807) is 0 Å². The van der Waals surface area contributed by atoms with Crippen LogP contribution in [0, 0.1) is 5.41 Å². The van der Waals surface area contributed by atoms with Gasteiger partial charge in [-0.25, -0.2) is 0 Å². The van der Waals surface area contributed by atoms with Crippen LogP contribution < -0.4 is 5.32 Å². The van der Waals surface area contributed by atoms with Gasteiger partial charge in [0.05, 0.1) is 6.10 Å². The standard InChI is InChI=1S/C11H23NO/c1-4-11(2,3)8-12-9-6-5-7-10(9)13/h9-10,12-13H,4-8H2,1-3H3/t9-,10-/m0/s1. The van der Waals surface area contributed by atoms with E-state index in [2.05, 4.69) is 26.1 Å². The van der Waals surface area contributed by atoms with Crippen LogP contribution in [0.1, 0.15) is 46.5 Å². The van der Waals surface area contributed by atoms with Crippen LogP contribution in [0.3, 0.4) is 0 Å². The number of nitrogens with one attached hydrogen (secondary N) is 1. The molecule has 0 aromatic carbocycles. The molecule has 0 aromatic rings. The zero-order valence-corrected chi connectivity index (χ0v) is 9.14. The summed E-state index contributed by atoms with van der Waals surface area (Å²) in [6, 6.07) is 0.353. The molecule has 1 saturated carbocycles.